The minimum absolute atomic E-state index is 0.354. The van der Waals surface area contributed by atoms with Gasteiger partial charge in [-0.2, -0.15) is 5.10 Å². The first-order valence-electron chi connectivity index (χ1n) is 6.40. The van der Waals surface area contributed by atoms with Crippen molar-refractivity contribution in [2.24, 2.45) is 5.73 Å². The minimum atomic E-state index is -0.354. The van der Waals surface area contributed by atoms with Gasteiger partial charge in [-0.15, -0.1) is 11.3 Å². The topological polar surface area (TPSA) is 60.9 Å². The van der Waals surface area contributed by atoms with Gasteiger partial charge in [0, 0.05) is 11.9 Å². The van der Waals surface area contributed by atoms with E-state index in [1.165, 1.54) is 30.6 Å². The summed E-state index contributed by atoms with van der Waals surface area (Å²) in [5.74, 6) is -0.354. The maximum Gasteiger partial charge on any atom is 0.258 e. The minimum Gasteiger partial charge on any atom is -0.365 e. The number of carbonyl (C=O) groups is 1. The fourth-order valence-electron chi connectivity index (χ4n) is 2.07. The lowest BCUT2D eigenvalue weighted by atomic mass is 10.2. The first-order valence-corrected chi connectivity index (χ1v) is 7.22. The van der Waals surface area contributed by atoms with Gasteiger partial charge in [0.1, 0.15) is 4.83 Å². The molecule has 0 radical (unpaired) electrons. The van der Waals surface area contributed by atoms with E-state index in [-0.39, 0.29) is 5.91 Å². The number of unbranched alkanes of at least 4 members (excludes halogenated alkanes) is 3. The molecule has 0 aromatic carbocycles. The van der Waals surface area contributed by atoms with Crippen LogP contribution >= 0.6 is 11.3 Å². The second-order valence-corrected chi connectivity index (χ2v) is 5.59. The van der Waals surface area contributed by atoms with Crippen LogP contribution in [-0.2, 0) is 6.54 Å². The Bertz CT molecular complexity index is 556. The molecule has 0 aliphatic rings. The summed E-state index contributed by atoms with van der Waals surface area (Å²) in [5, 5.41) is 5.58. The van der Waals surface area contributed by atoms with Gasteiger partial charge in [-0.05, 0) is 19.4 Å². The molecule has 0 fully saturated rings. The Labute approximate surface area is 111 Å². The molecular formula is C13H19N3OS. The van der Waals surface area contributed by atoms with E-state index in [1.807, 2.05) is 17.7 Å². The van der Waals surface area contributed by atoms with Crippen molar-refractivity contribution in [3.8, 4) is 0 Å². The lowest BCUT2D eigenvalue weighted by Gasteiger charge is -2.01. The molecular weight excluding hydrogens is 246 g/mol. The standard InChI is InChI=1S/C13H19N3OS/c1-3-4-5-6-7-16-13-10(9(2)15-16)8-11(18-13)12(14)17/h8H,3-7H2,1-2H3,(H2,14,17). The molecule has 0 saturated carbocycles. The molecule has 0 saturated heterocycles. The van der Waals surface area contributed by atoms with Crippen LogP contribution in [0.5, 0.6) is 0 Å². The fraction of sp³-hybridized carbons (Fsp3) is 0.538. The van der Waals surface area contributed by atoms with Gasteiger partial charge < -0.3 is 5.73 Å². The van der Waals surface area contributed by atoms with Crippen molar-refractivity contribution >= 4 is 27.5 Å². The van der Waals surface area contributed by atoms with Crippen molar-refractivity contribution in [1.29, 1.82) is 0 Å². The zero-order valence-corrected chi connectivity index (χ0v) is 11.7. The summed E-state index contributed by atoms with van der Waals surface area (Å²) >= 11 is 1.44. The van der Waals surface area contributed by atoms with Crippen molar-refractivity contribution in [2.75, 3.05) is 0 Å². The van der Waals surface area contributed by atoms with Gasteiger partial charge in [-0.1, -0.05) is 26.2 Å². The van der Waals surface area contributed by atoms with Crippen LogP contribution in [0.15, 0.2) is 6.07 Å². The number of thiophene rings is 1. The molecule has 0 unspecified atom stereocenters. The van der Waals surface area contributed by atoms with E-state index in [0.29, 0.717) is 4.88 Å². The van der Waals surface area contributed by atoms with Gasteiger partial charge in [0.2, 0.25) is 0 Å². The Balaban J connectivity index is 2.19. The number of aromatic nitrogens is 2. The molecule has 98 valence electrons. The van der Waals surface area contributed by atoms with E-state index in [9.17, 15) is 4.79 Å². The lowest BCUT2D eigenvalue weighted by Crippen LogP contribution is -2.08. The maximum absolute atomic E-state index is 11.2. The first-order chi connectivity index (χ1) is 8.63. The number of fused-ring (bicyclic) bond motifs is 1. The number of hydrogen-bond acceptors (Lipinski definition) is 3. The molecule has 2 aromatic heterocycles. The van der Waals surface area contributed by atoms with E-state index in [1.54, 1.807) is 0 Å². The summed E-state index contributed by atoms with van der Waals surface area (Å²) in [6.07, 6.45) is 4.86. The number of carbonyl (C=O) groups excluding carboxylic acids is 1. The molecule has 0 atom stereocenters. The molecule has 18 heavy (non-hydrogen) atoms. The predicted molar refractivity (Wildman–Crippen MR) is 75.0 cm³/mol. The lowest BCUT2D eigenvalue weighted by molar-refractivity contribution is 0.100. The molecule has 0 spiro atoms. The Morgan fingerprint density at radius 1 is 1.44 bits per heavy atom. The highest BCUT2D eigenvalue weighted by Crippen LogP contribution is 2.28. The van der Waals surface area contributed by atoms with Gasteiger partial charge in [0.15, 0.2) is 0 Å². The van der Waals surface area contributed by atoms with Crippen molar-refractivity contribution in [3.05, 3.63) is 16.6 Å². The third-order valence-electron chi connectivity index (χ3n) is 3.07. The van der Waals surface area contributed by atoms with E-state index in [4.69, 9.17) is 5.73 Å². The fourth-order valence-corrected chi connectivity index (χ4v) is 3.11. The van der Waals surface area contributed by atoms with Crippen LogP contribution in [0.4, 0.5) is 0 Å². The van der Waals surface area contributed by atoms with Crippen LogP contribution in [0.2, 0.25) is 0 Å². The summed E-state index contributed by atoms with van der Waals surface area (Å²) in [6.45, 7) is 5.10. The normalized spacial score (nSPS) is 11.2. The Morgan fingerprint density at radius 2 is 2.22 bits per heavy atom. The summed E-state index contributed by atoms with van der Waals surface area (Å²) < 4.78 is 2.01. The van der Waals surface area contributed by atoms with Crippen molar-refractivity contribution in [1.82, 2.24) is 9.78 Å². The van der Waals surface area contributed by atoms with Crippen molar-refractivity contribution in [3.63, 3.8) is 0 Å². The predicted octanol–water partition coefficient (Wildman–Crippen LogP) is 3.09. The van der Waals surface area contributed by atoms with Gasteiger partial charge in [-0.3, -0.25) is 9.48 Å². The van der Waals surface area contributed by atoms with Crippen LogP contribution in [0.25, 0.3) is 10.2 Å². The van der Waals surface area contributed by atoms with Crippen LogP contribution in [0.3, 0.4) is 0 Å². The number of primary amides is 1. The Morgan fingerprint density at radius 3 is 2.89 bits per heavy atom. The molecule has 2 heterocycles. The summed E-state index contributed by atoms with van der Waals surface area (Å²) in [6, 6.07) is 1.85. The summed E-state index contributed by atoms with van der Waals surface area (Å²) in [4.78, 5) is 12.9. The monoisotopic (exact) mass is 265 g/mol. The smallest absolute Gasteiger partial charge is 0.258 e. The van der Waals surface area contributed by atoms with Crippen molar-refractivity contribution in [2.45, 2.75) is 46.1 Å². The Kier molecular flexibility index (Phi) is 4.01. The molecule has 4 nitrogen and oxygen atoms in total. The molecule has 0 bridgehead atoms. The van der Waals surface area contributed by atoms with Crippen LogP contribution in [-0.4, -0.2) is 15.7 Å². The first kappa shape index (κ1) is 13.1. The van der Waals surface area contributed by atoms with Crippen LogP contribution < -0.4 is 5.73 Å². The highest BCUT2D eigenvalue weighted by Gasteiger charge is 2.14. The zero-order chi connectivity index (χ0) is 13.1. The average Bonchev–Trinajstić information content (AvgIpc) is 2.87. The number of nitrogens with zero attached hydrogens (tertiary/aromatic N) is 2. The number of hydrogen-bond donors (Lipinski definition) is 1. The van der Waals surface area contributed by atoms with E-state index >= 15 is 0 Å². The van der Waals surface area contributed by atoms with E-state index < -0.39 is 0 Å². The largest absolute Gasteiger partial charge is 0.365 e. The van der Waals surface area contributed by atoms with Crippen molar-refractivity contribution < 1.29 is 4.79 Å². The third kappa shape index (κ3) is 2.56. The average molecular weight is 265 g/mol. The summed E-state index contributed by atoms with van der Waals surface area (Å²) in [5.41, 5.74) is 6.29. The molecule has 2 rings (SSSR count). The highest BCUT2D eigenvalue weighted by molar-refractivity contribution is 7.20. The van der Waals surface area contributed by atoms with Gasteiger partial charge in [0.25, 0.3) is 5.91 Å². The molecule has 0 aliphatic carbocycles. The number of amides is 1. The van der Waals surface area contributed by atoms with Gasteiger partial charge in [0.05, 0.1) is 10.6 Å². The molecule has 5 heteroatoms. The zero-order valence-electron chi connectivity index (χ0n) is 10.9. The molecule has 2 N–H and O–H groups in total. The van der Waals surface area contributed by atoms with Gasteiger partial charge >= 0.3 is 0 Å². The molecule has 1 amide bonds. The van der Waals surface area contributed by atoms with E-state index in [2.05, 4.69) is 12.0 Å². The number of rotatable bonds is 6. The Hall–Kier alpha value is -1.36. The maximum atomic E-state index is 11.2. The molecule has 0 aliphatic heterocycles. The summed E-state index contributed by atoms with van der Waals surface area (Å²) in [7, 11) is 0. The SMILES string of the molecule is CCCCCCn1nc(C)c2cc(C(N)=O)sc21. The number of nitrogens with two attached hydrogens (primary N) is 1. The van der Waals surface area contributed by atoms with E-state index in [0.717, 1.165) is 28.9 Å². The quantitative estimate of drug-likeness (QED) is 0.816. The van der Waals surface area contributed by atoms with Gasteiger partial charge in [-0.25, -0.2) is 0 Å². The third-order valence-corrected chi connectivity index (χ3v) is 4.24. The highest BCUT2D eigenvalue weighted by atomic mass is 32.1. The van der Waals surface area contributed by atoms with Crippen LogP contribution in [0.1, 0.15) is 48.0 Å². The number of aryl methyl sites for hydroxylation is 2. The second-order valence-electron chi connectivity index (χ2n) is 4.56. The second kappa shape index (κ2) is 5.52. The van der Waals surface area contributed by atoms with Crippen LogP contribution in [0, 0.1) is 6.92 Å². The molecule has 2 aromatic rings.